The van der Waals surface area contributed by atoms with Crippen LogP contribution in [-0.4, -0.2) is 46.7 Å². The molecule has 36 heavy (non-hydrogen) atoms. The zero-order valence-electron chi connectivity index (χ0n) is 19.9. The molecule has 192 valence electrons. The van der Waals surface area contributed by atoms with Crippen molar-refractivity contribution in [1.29, 1.82) is 0 Å². The van der Waals surface area contributed by atoms with Gasteiger partial charge in [-0.05, 0) is 55.8 Å². The first-order valence-corrected chi connectivity index (χ1v) is 14.4. The van der Waals surface area contributed by atoms with Gasteiger partial charge in [0.05, 0.1) is 16.3 Å². The molecule has 0 spiro atoms. The first-order chi connectivity index (χ1) is 17.0. The molecule has 0 saturated carbocycles. The largest absolute Gasteiger partial charge is 0.354 e. The summed E-state index contributed by atoms with van der Waals surface area (Å²) in [6, 6.07) is 19.5. The minimum atomic E-state index is -4.02. The average Bonchev–Trinajstić information content (AvgIpc) is 2.82. The van der Waals surface area contributed by atoms with Crippen molar-refractivity contribution in [2.24, 2.45) is 0 Å². The van der Waals surface area contributed by atoms with E-state index in [2.05, 4.69) is 10.0 Å². The lowest BCUT2D eigenvalue weighted by molar-refractivity contribution is -0.121. The van der Waals surface area contributed by atoms with E-state index in [9.17, 15) is 21.6 Å². The molecule has 2 N–H and O–H groups in total. The topological polar surface area (TPSA) is 113 Å². The van der Waals surface area contributed by atoms with E-state index in [1.807, 2.05) is 32.0 Å². The highest BCUT2D eigenvalue weighted by Gasteiger charge is 2.27. The van der Waals surface area contributed by atoms with Crippen molar-refractivity contribution >= 4 is 37.6 Å². The Hall–Kier alpha value is -2.76. The molecule has 0 unspecified atom stereocenters. The van der Waals surface area contributed by atoms with Crippen LogP contribution in [0.3, 0.4) is 0 Å². The fraction of sp³-hybridized carbons (Fsp3) is 0.240. The lowest BCUT2D eigenvalue weighted by atomic mass is 10.1. The number of benzene rings is 3. The van der Waals surface area contributed by atoms with Gasteiger partial charge in [0.25, 0.3) is 0 Å². The summed E-state index contributed by atoms with van der Waals surface area (Å²) in [7, 11) is -7.74. The summed E-state index contributed by atoms with van der Waals surface area (Å²) in [5.41, 5.74) is 2.62. The number of nitrogens with zero attached hydrogens (tertiary/aromatic N) is 1. The van der Waals surface area contributed by atoms with Gasteiger partial charge in [-0.15, -0.1) is 0 Å². The number of carbonyl (C=O) groups is 1. The molecular formula is C25H28ClN3O5S2. The third-order valence-corrected chi connectivity index (χ3v) is 8.82. The number of aryl methyl sites for hydroxylation is 2. The highest BCUT2D eigenvalue weighted by molar-refractivity contribution is 7.89. The van der Waals surface area contributed by atoms with Gasteiger partial charge in [0, 0.05) is 24.7 Å². The second kappa shape index (κ2) is 12.0. The average molecular weight is 550 g/mol. The van der Waals surface area contributed by atoms with Crippen LogP contribution in [0.15, 0.2) is 82.6 Å². The molecular weight excluding hydrogens is 522 g/mol. The maximum atomic E-state index is 13.3. The number of halogens is 1. The van der Waals surface area contributed by atoms with Gasteiger partial charge in [0.15, 0.2) is 0 Å². The Kier molecular flexibility index (Phi) is 9.26. The van der Waals surface area contributed by atoms with Gasteiger partial charge in [0.2, 0.25) is 26.0 Å². The van der Waals surface area contributed by atoms with Crippen molar-refractivity contribution in [2.75, 3.05) is 19.6 Å². The molecule has 1 amide bonds. The predicted octanol–water partition coefficient (Wildman–Crippen LogP) is 3.24. The second-order valence-electron chi connectivity index (χ2n) is 8.28. The summed E-state index contributed by atoms with van der Waals surface area (Å²) < 4.78 is 54.9. The van der Waals surface area contributed by atoms with Crippen molar-refractivity contribution in [3.63, 3.8) is 0 Å². The summed E-state index contributed by atoms with van der Waals surface area (Å²) in [5, 5.41) is 2.98. The fourth-order valence-corrected chi connectivity index (χ4v) is 5.94. The number of nitrogens with one attached hydrogen (secondary N) is 2. The van der Waals surface area contributed by atoms with Crippen LogP contribution in [0.1, 0.15) is 16.7 Å². The molecule has 0 bridgehead atoms. The van der Waals surface area contributed by atoms with E-state index < -0.39 is 32.5 Å². The van der Waals surface area contributed by atoms with Gasteiger partial charge >= 0.3 is 0 Å². The van der Waals surface area contributed by atoms with Crippen molar-refractivity contribution in [2.45, 2.75) is 30.2 Å². The van der Waals surface area contributed by atoms with E-state index in [0.29, 0.717) is 5.02 Å². The fourth-order valence-electron chi connectivity index (χ4n) is 3.40. The Balaban J connectivity index is 1.66. The number of hydrogen-bond acceptors (Lipinski definition) is 5. The summed E-state index contributed by atoms with van der Waals surface area (Å²) >= 11 is 5.90. The van der Waals surface area contributed by atoms with Crippen LogP contribution in [0.2, 0.25) is 5.02 Å². The second-order valence-corrected chi connectivity index (χ2v) is 12.4. The lowest BCUT2D eigenvalue weighted by Crippen LogP contribution is -2.42. The van der Waals surface area contributed by atoms with E-state index >= 15 is 0 Å². The van der Waals surface area contributed by atoms with Gasteiger partial charge < -0.3 is 5.32 Å². The van der Waals surface area contributed by atoms with Gasteiger partial charge in [-0.3, -0.25) is 4.79 Å². The molecule has 0 aliphatic heterocycles. The number of amides is 1. The van der Waals surface area contributed by atoms with Crippen LogP contribution >= 0.6 is 11.6 Å². The normalized spacial score (nSPS) is 12.0. The summed E-state index contributed by atoms with van der Waals surface area (Å²) in [6.45, 7) is 3.23. The molecule has 0 fully saturated rings. The Morgan fingerprint density at radius 3 is 2.11 bits per heavy atom. The molecule has 3 aromatic rings. The zero-order chi connectivity index (χ0) is 26.3. The standard InChI is InChI=1S/C25H28ClN3O5S2/c1-19-6-10-23(11-7-19)35(31,32)28-15-14-27-25(30)18-29(17-21-5-3-4-20(2)16-21)36(33,34)24-12-8-22(26)9-13-24/h3-13,16,28H,14-15,17-18H2,1-2H3,(H,27,30). The van der Waals surface area contributed by atoms with Crippen LogP contribution in [0.25, 0.3) is 0 Å². The number of rotatable bonds is 11. The summed E-state index contributed by atoms with van der Waals surface area (Å²) in [6.07, 6.45) is 0. The van der Waals surface area contributed by atoms with Crippen LogP contribution in [0, 0.1) is 13.8 Å². The first kappa shape index (κ1) is 27.8. The molecule has 0 aliphatic carbocycles. The number of sulfonamides is 2. The molecule has 0 aromatic heterocycles. The maximum absolute atomic E-state index is 13.3. The maximum Gasteiger partial charge on any atom is 0.243 e. The van der Waals surface area contributed by atoms with Gasteiger partial charge in [-0.1, -0.05) is 59.1 Å². The van der Waals surface area contributed by atoms with Gasteiger partial charge in [-0.25, -0.2) is 21.6 Å². The van der Waals surface area contributed by atoms with E-state index in [1.165, 1.54) is 36.4 Å². The molecule has 11 heteroatoms. The zero-order valence-corrected chi connectivity index (χ0v) is 22.3. The van der Waals surface area contributed by atoms with Crippen LogP contribution in [-0.2, 0) is 31.4 Å². The quantitative estimate of drug-likeness (QED) is 0.357. The smallest absolute Gasteiger partial charge is 0.243 e. The number of hydrogen-bond donors (Lipinski definition) is 2. The van der Waals surface area contributed by atoms with Crippen LogP contribution in [0.5, 0.6) is 0 Å². The number of carbonyl (C=O) groups excluding carboxylic acids is 1. The third kappa shape index (κ3) is 7.62. The monoisotopic (exact) mass is 549 g/mol. The Labute approximate surface area is 217 Å². The van der Waals surface area contributed by atoms with E-state index in [4.69, 9.17) is 11.6 Å². The predicted molar refractivity (Wildman–Crippen MR) is 140 cm³/mol. The molecule has 0 aliphatic rings. The highest BCUT2D eigenvalue weighted by atomic mass is 35.5. The van der Waals surface area contributed by atoms with Gasteiger partial charge in [0.1, 0.15) is 0 Å². The van der Waals surface area contributed by atoms with E-state index in [1.54, 1.807) is 18.2 Å². The Morgan fingerprint density at radius 1 is 0.833 bits per heavy atom. The van der Waals surface area contributed by atoms with Crippen LogP contribution in [0.4, 0.5) is 0 Å². The summed E-state index contributed by atoms with van der Waals surface area (Å²) in [4.78, 5) is 12.8. The molecule has 3 aromatic carbocycles. The Morgan fingerprint density at radius 2 is 1.47 bits per heavy atom. The van der Waals surface area contributed by atoms with Crippen molar-refractivity contribution in [3.05, 3.63) is 94.5 Å². The Bertz CT molecular complexity index is 1410. The van der Waals surface area contributed by atoms with Crippen molar-refractivity contribution in [1.82, 2.24) is 14.3 Å². The first-order valence-electron chi connectivity index (χ1n) is 11.1. The third-order valence-electron chi connectivity index (χ3n) is 5.28. The van der Waals surface area contributed by atoms with Crippen molar-refractivity contribution in [3.8, 4) is 0 Å². The highest BCUT2D eigenvalue weighted by Crippen LogP contribution is 2.21. The summed E-state index contributed by atoms with van der Waals surface area (Å²) in [5.74, 6) is -0.560. The molecule has 8 nitrogen and oxygen atoms in total. The van der Waals surface area contributed by atoms with E-state index in [0.717, 1.165) is 21.0 Å². The van der Waals surface area contributed by atoms with Crippen LogP contribution < -0.4 is 10.0 Å². The van der Waals surface area contributed by atoms with Crippen molar-refractivity contribution < 1.29 is 21.6 Å². The minimum Gasteiger partial charge on any atom is -0.354 e. The van der Waals surface area contributed by atoms with E-state index in [-0.39, 0.29) is 29.4 Å². The molecule has 0 heterocycles. The molecule has 3 rings (SSSR count). The SMILES string of the molecule is Cc1ccc(S(=O)(=O)NCCNC(=O)CN(Cc2cccc(C)c2)S(=O)(=O)c2ccc(Cl)cc2)cc1. The molecule has 0 atom stereocenters. The molecule has 0 radical (unpaired) electrons. The van der Waals surface area contributed by atoms with Gasteiger partial charge in [-0.2, -0.15) is 4.31 Å². The minimum absolute atomic E-state index is 0.0107. The lowest BCUT2D eigenvalue weighted by Gasteiger charge is -2.22. The molecule has 0 saturated heterocycles.